The van der Waals surface area contributed by atoms with Gasteiger partial charge in [0.1, 0.15) is 11.6 Å². The molecule has 6 rings (SSSR count). The Labute approximate surface area is 296 Å². The number of nitrogens with zero attached hydrogens (tertiary/aromatic N) is 3. The van der Waals surface area contributed by atoms with Crippen LogP contribution in [-0.2, 0) is 16.8 Å². The number of ether oxygens (including phenoxy) is 1. The number of halogens is 5. The number of imidazole rings is 1. The lowest BCUT2D eigenvalue weighted by atomic mass is 10.0. The van der Waals surface area contributed by atoms with Crippen LogP contribution in [0, 0.1) is 0 Å². The number of hydrogen-bond donors (Lipinski definition) is 2. The zero-order valence-corrected chi connectivity index (χ0v) is 28.4. The number of anilines is 1. The van der Waals surface area contributed by atoms with Crippen LogP contribution in [0.1, 0.15) is 29.8 Å². The first kappa shape index (κ1) is 34.9. The van der Waals surface area contributed by atoms with Crippen molar-refractivity contribution in [3.63, 3.8) is 0 Å². The fourth-order valence-electron chi connectivity index (χ4n) is 5.25. The summed E-state index contributed by atoms with van der Waals surface area (Å²) in [5.74, 6) is 0.668. The molecule has 2 N–H and O–H groups in total. The summed E-state index contributed by atoms with van der Waals surface area (Å²) < 4.78 is 72.3. The summed E-state index contributed by atoms with van der Waals surface area (Å²) in [7, 11) is -3.91. The first-order valence-electron chi connectivity index (χ1n) is 15.3. The van der Waals surface area contributed by atoms with Gasteiger partial charge in [-0.25, -0.2) is 14.0 Å². The van der Waals surface area contributed by atoms with Crippen LogP contribution in [-0.4, -0.2) is 35.9 Å². The molecule has 0 aliphatic carbocycles. The minimum atomic E-state index is -4.20. The molecule has 0 unspecified atom stereocenters. The van der Waals surface area contributed by atoms with E-state index in [-0.39, 0.29) is 13.0 Å². The SMILES string of the molecule is O=S1(=O)NC(O)=CN1c1ccc(Cn2cc(-c3ccc(Cl)cc3Cl)nc2C=Cc2ccc(-c3cccc(OCCCC(F)(F)F)c3)cc2)cc1. The highest BCUT2D eigenvalue weighted by Crippen LogP contribution is 2.31. The number of aromatic nitrogens is 2. The van der Waals surface area contributed by atoms with E-state index in [1.54, 1.807) is 60.7 Å². The summed E-state index contributed by atoms with van der Waals surface area (Å²) in [4.78, 5) is 4.85. The van der Waals surface area contributed by atoms with E-state index >= 15 is 0 Å². The van der Waals surface area contributed by atoms with Crippen LogP contribution in [0.15, 0.2) is 109 Å². The normalized spacial score (nSPS) is 14.2. The van der Waals surface area contributed by atoms with Gasteiger partial charge in [0.05, 0.1) is 29.2 Å². The second-order valence-electron chi connectivity index (χ2n) is 11.4. The Balaban J connectivity index is 1.21. The van der Waals surface area contributed by atoms with Crippen molar-refractivity contribution in [2.75, 3.05) is 10.9 Å². The molecular formula is C36H29Cl2F3N4O4S. The maximum atomic E-state index is 12.4. The molecule has 0 saturated carbocycles. The maximum absolute atomic E-state index is 12.4. The van der Waals surface area contributed by atoms with Crippen molar-refractivity contribution in [2.24, 2.45) is 0 Å². The Morgan fingerprint density at radius 2 is 1.68 bits per heavy atom. The smallest absolute Gasteiger partial charge is 0.389 e. The van der Waals surface area contributed by atoms with Crippen LogP contribution in [0.4, 0.5) is 18.9 Å². The van der Waals surface area contributed by atoms with Crippen molar-refractivity contribution in [3.05, 3.63) is 136 Å². The molecule has 0 atom stereocenters. The minimum Gasteiger partial charge on any atom is -0.494 e. The standard InChI is InChI=1S/C36H29Cl2F3N4O4S/c37-28-12-15-31(32(38)20-28)33-22-44(21-25-7-13-29(14-8-25)45-23-35(46)43-50(45,47)48)34(42-33)16-9-24-5-10-26(11-6-24)27-3-1-4-30(19-27)49-18-2-17-36(39,40)41/h1,3-16,19-20,22-23,43,46H,2,17-18,21H2. The highest BCUT2D eigenvalue weighted by Gasteiger charge is 2.28. The molecule has 0 saturated heterocycles. The summed E-state index contributed by atoms with van der Waals surface area (Å²) in [5, 5.41) is 10.6. The van der Waals surface area contributed by atoms with Crippen molar-refractivity contribution < 1.29 is 31.4 Å². The Hall–Kier alpha value is -4.91. The number of rotatable bonds is 11. The highest BCUT2D eigenvalue weighted by molar-refractivity contribution is 7.91. The third kappa shape index (κ3) is 8.62. The molecule has 0 bridgehead atoms. The molecule has 2 heterocycles. The third-order valence-corrected chi connectivity index (χ3v) is 9.52. The number of aliphatic hydroxyl groups excluding tert-OH is 1. The number of alkyl halides is 3. The van der Waals surface area contributed by atoms with Gasteiger partial charge in [0.2, 0.25) is 5.88 Å². The van der Waals surface area contributed by atoms with Gasteiger partial charge < -0.3 is 14.4 Å². The van der Waals surface area contributed by atoms with Crippen LogP contribution in [0.25, 0.3) is 34.5 Å². The fourth-order valence-corrected chi connectivity index (χ4v) is 6.81. The molecule has 1 aliphatic heterocycles. The molecule has 50 heavy (non-hydrogen) atoms. The molecule has 0 radical (unpaired) electrons. The van der Waals surface area contributed by atoms with E-state index in [4.69, 9.17) is 32.9 Å². The predicted molar refractivity (Wildman–Crippen MR) is 190 cm³/mol. The van der Waals surface area contributed by atoms with Crippen molar-refractivity contribution >= 4 is 51.3 Å². The maximum Gasteiger partial charge on any atom is 0.389 e. The molecule has 0 amide bonds. The first-order valence-corrected chi connectivity index (χ1v) is 17.5. The van der Waals surface area contributed by atoms with Crippen LogP contribution in [0.2, 0.25) is 10.0 Å². The fraction of sp³-hybridized carbons (Fsp3) is 0.139. The van der Waals surface area contributed by atoms with Crippen molar-refractivity contribution in [1.82, 2.24) is 14.3 Å². The summed E-state index contributed by atoms with van der Waals surface area (Å²) in [5.41, 5.74) is 5.23. The zero-order chi connectivity index (χ0) is 35.5. The van der Waals surface area contributed by atoms with Crippen molar-refractivity contribution in [3.8, 4) is 28.1 Å². The van der Waals surface area contributed by atoms with E-state index in [0.29, 0.717) is 45.1 Å². The molecule has 8 nitrogen and oxygen atoms in total. The third-order valence-electron chi connectivity index (χ3n) is 7.67. The lowest BCUT2D eigenvalue weighted by Crippen LogP contribution is -2.29. The monoisotopic (exact) mass is 740 g/mol. The summed E-state index contributed by atoms with van der Waals surface area (Å²) in [6, 6.07) is 27.0. The Morgan fingerprint density at radius 1 is 0.920 bits per heavy atom. The molecule has 5 aromatic rings. The lowest BCUT2D eigenvalue weighted by molar-refractivity contribution is -0.136. The molecule has 14 heteroatoms. The van der Waals surface area contributed by atoms with Crippen LogP contribution < -0.4 is 13.8 Å². The van der Waals surface area contributed by atoms with Gasteiger partial charge >= 0.3 is 16.4 Å². The van der Waals surface area contributed by atoms with E-state index in [2.05, 4.69) is 0 Å². The van der Waals surface area contributed by atoms with E-state index in [0.717, 1.165) is 32.8 Å². The molecule has 0 spiro atoms. The van der Waals surface area contributed by atoms with E-state index in [9.17, 15) is 26.7 Å². The van der Waals surface area contributed by atoms with Gasteiger partial charge in [-0.3, -0.25) is 0 Å². The van der Waals surface area contributed by atoms with Gasteiger partial charge in [-0.1, -0.05) is 77.8 Å². The van der Waals surface area contributed by atoms with E-state index in [1.165, 1.54) is 0 Å². The van der Waals surface area contributed by atoms with Crippen LogP contribution in [0.3, 0.4) is 0 Å². The second kappa shape index (κ2) is 14.5. The molecule has 0 fully saturated rings. The minimum absolute atomic E-state index is 0.0245. The summed E-state index contributed by atoms with van der Waals surface area (Å²) in [6.45, 7) is 0.376. The summed E-state index contributed by atoms with van der Waals surface area (Å²) in [6.07, 6.45) is 1.56. The van der Waals surface area contributed by atoms with E-state index in [1.807, 2.05) is 58.0 Å². The molecule has 4 aromatic carbocycles. The predicted octanol–water partition coefficient (Wildman–Crippen LogP) is 9.48. The average molecular weight is 742 g/mol. The van der Waals surface area contributed by atoms with Crippen molar-refractivity contribution in [1.29, 1.82) is 0 Å². The number of hydrogen-bond acceptors (Lipinski definition) is 5. The Morgan fingerprint density at radius 3 is 2.36 bits per heavy atom. The largest absolute Gasteiger partial charge is 0.494 e. The van der Waals surface area contributed by atoms with Gasteiger partial charge in [0.25, 0.3) is 0 Å². The Kier molecular flexibility index (Phi) is 10.1. The topological polar surface area (TPSA) is 96.7 Å². The molecule has 258 valence electrons. The van der Waals surface area contributed by atoms with Crippen LogP contribution >= 0.6 is 23.2 Å². The number of nitrogens with one attached hydrogen (secondary N) is 1. The van der Waals surface area contributed by atoms with Gasteiger partial charge in [-0.15, -0.1) is 0 Å². The zero-order valence-electron chi connectivity index (χ0n) is 26.1. The average Bonchev–Trinajstić information content (AvgIpc) is 3.59. The number of aliphatic hydroxyl groups is 1. The van der Waals surface area contributed by atoms with Crippen molar-refractivity contribution in [2.45, 2.75) is 25.6 Å². The lowest BCUT2D eigenvalue weighted by Gasteiger charge is -2.14. The van der Waals surface area contributed by atoms with Gasteiger partial charge in [0, 0.05) is 29.7 Å². The molecule has 1 aliphatic rings. The Bertz CT molecular complexity index is 2170. The van der Waals surface area contributed by atoms with Gasteiger partial charge in [0.15, 0.2) is 0 Å². The quantitative estimate of drug-likeness (QED) is 0.132. The molecule has 1 aromatic heterocycles. The highest BCUT2D eigenvalue weighted by atomic mass is 35.5. The van der Waals surface area contributed by atoms with Crippen LogP contribution in [0.5, 0.6) is 5.75 Å². The van der Waals surface area contributed by atoms with Gasteiger partial charge in [-0.2, -0.15) is 21.6 Å². The summed E-state index contributed by atoms with van der Waals surface area (Å²) >= 11 is 12.6. The molecular weight excluding hydrogens is 712 g/mol. The first-order chi connectivity index (χ1) is 23.8. The number of benzene rings is 4. The second-order valence-corrected chi connectivity index (χ2v) is 13.8. The van der Waals surface area contributed by atoms with E-state index < -0.39 is 28.7 Å². The van der Waals surface area contributed by atoms with Gasteiger partial charge in [-0.05, 0) is 77.2 Å².